The summed E-state index contributed by atoms with van der Waals surface area (Å²) in [5.41, 5.74) is 0. The normalized spacial score (nSPS) is 12.0. The molecular formula is CF4O3. The second kappa shape index (κ2) is 2.80. The Morgan fingerprint density at radius 2 is 1.62 bits per heavy atom. The molecule has 0 aromatic carbocycles. The smallest absolute Gasteiger partial charge is 0.142 e. The van der Waals surface area contributed by atoms with E-state index in [9.17, 15) is 17.7 Å². The minimum absolute atomic E-state index is 1.98. The minimum atomic E-state index is -5.04. The highest BCUT2D eigenvalue weighted by Crippen LogP contribution is 2.16. The predicted octanol–water partition coefficient (Wildman–Crippen LogP) is 1.27. The summed E-state index contributed by atoms with van der Waals surface area (Å²) >= 11 is 0. The lowest BCUT2D eigenvalue weighted by molar-refractivity contribution is -0.649. The molecule has 50 valence electrons. The lowest BCUT2D eigenvalue weighted by Gasteiger charge is -1.98. The van der Waals surface area contributed by atoms with E-state index < -0.39 is 6.36 Å². The molecule has 7 heteroatoms. The Balaban J connectivity index is 3.11. The molecule has 0 spiro atoms. The molecule has 0 heterocycles. The van der Waals surface area contributed by atoms with E-state index in [4.69, 9.17) is 0 Å². The van der Waals surface area contributed by atoms with Crippen LogP contribution < -0.4 is 0 Å². The van der Waals surface area contributed by atoms with Gasteiger partial charge in [-0.05, 0) is 9.56 Å². The van der Waals surface area contributed by atoms with E-state index in [0.717, 1.165) is 0 Å². The molecule has 0 rings (SSSR count). The van der Waals surface area contributed by atoms with Gasteiger partial charge in [0.05, 0.1) is 0 Å². The maximum absolute atomic E-state index is 10.6. The van der Waals surface area contributed by atoms with Crippen LogP contribution in [0, 0.1) is 0 Å². The first-order valence-electron chi connectivity index (χ1n) is 1.26. The van der Waals surface area contributed by atoms with Crippen molar-refractivity contribution >= 4 is 0 Å². The highest BCUT2D eigenvalue weighted by atomic mass is 19.4. The third-order valence-electron chi connectivity index (χ3n) is 0.154. The summed E-state index contributed by atoms with van der Waals surface area (Å²) in [6.07, 6.45) is -5.04. The lowest BCUT2D eigenvalue weighted by Crippen LogP contribution is -2.12. The zero-order valence-electron chi connectivity index (χ0n) is 3.24. The number of hydrogen-bond acceptors (Lipinski definition) is 3. The van der Waals surface area contributed by atoms with Gasteiger partial charge in [-0.1, -0.05) is 4.89 Å². The van der Waals surface area contributed by atoms with Crippen molar-refractivity contribution in [1.29, 1.82) is 0 Å². The fourth-order valence-electron chi connectivity index (χ4n) is 0.0514. The molecule has 3 nitrogen and oxygen atoms in total. The monoisotopic (exact) mass is 136 g/mol. The molecule has 0 N–H and O–H groups in total. The van der Waals surface area contributed by atoms with Crippen LogP contribution in [0.4, 0.5) is 17.7 Å². The first kappa shape index (κ1) is 7.60. The van der Waals surface area contributed by atoms with Crippen molar-refractivity contribution in [1.82, 2.24) is 0 Å². The van der Waals surface area contributed by atoms with E-state index in [0.29, 0.717) is 0 Å². The molecule has 0 aliphatic rings. The fraction of sp³-hybridized carbons (Fsp3) is 1.00. The average molecular weight is 136 g/mol. The second-order valence-corrected chi connectivity index (χ2v) is 0.660. The molecule has 0 bridgehead atoms. The molecule has 0 amide bonds. The SMILES string of the molecule is FOOOC(F)(F)F. The summed E-state index contributed by atoms with van der Waals surface area (Å²) in [6.45, 7) is 0. The zero-order chi connectivity index (χ0) is 6.62. The molecule has 8 heavy (non-hydrogen) atoms. The zero-order valence-corrected chi connectivity index (χ0v) is 3.24. The quantitative estimate of drug-likeness (QED) is 0.325. The summed E-state index contributed by atoms with van der Waals surface area (Å²) in [6, 6.07) is 0. The third-order valence-corrected chi connectivity index (χ3v) is 0.154. The van der Waals surface area contributed by atoms with E-state index in [1.54, 1.807) is 0 Å². The van der Waals surface area contributed by atoms with Crippen molar-refractivity contribution in [2.24, 2.45) is 0 Å². The van der Waals surface area contributed by atoms with Crippen molar-refractivity contribution < 1.29 is 32.7 Å². The minimum Gasteiger partial charge on any atom is -0.142 e. The first-order valence-corrected chi connectivity index (χ1v) is 1.26. The van der Waals surface area contributed by atoms with E-state index >= 15 is 0 Å². The number of hydrogen-bond donors (Lipinski definition) is 0. The number of alkyl halides is 3. The maximum Gasteiger partial charge on any atom is 0.551 e. The van der Waals surface area contributed by atoms with Crippen LogP contribution in [0.2, 0.25) is 0 Å². The van der Waals surface area contributed by atoms with Crippen LogP contribution in [-0.2, 0) is 15.0 Å². The van der Waals surface area contributed by atoms with Gasteiger partial charge < -0.3 is 0 Å². The van der Waals surface area contributed by atoms with Gasteiger partial charge in [-0.15, -0.1) is 13.2 Å². The number of rotatable bonds is 2. The Morgan fingerprint density at radius 1 is 1.12 bits per heavy atom. The summed E-state index contributed by atoms with van der Waals surface area (Å²) in [5.74, 6) is 0. The van der Waals surface area contributed by atoms with Crippen molar-refractivity contribution in [2.75, 3.05) is 0 Å². The van der Waals surface area contributed by atoms with Gasteiger partial charge in [0, 0.05) is 5.09 Å². The van der Waals surface area contributed by atoms with Gasteiger partial charge in [0.25, 0.3) is 0 Å². The molecule has 0 atom stereocenters. The highest BCUT2D eigenvalue weighted by molar-refractivity contribution is 4.11. The van der Waals surface area contributed by atoms with Crippen LogP contribution in [-0.4, -0.2) is 6.36 Å². The second-order valence-electron chi connectivity index (χ2n) is 0.660. The molecule has 0 aromatic rings. The Labute approximate surface area is 40.5 Å². The summed E-state index contributed by atoms with van der Waals surface area (Å²) in [7, 11) is 0. The van der Waals surface area contributed by atoms with Crippen LogP contribution in [0.15, 0.2) is 0 Å². The molecule has 0 aliphatic heterocycles. The van der Waals surface area contributed by atoms with E-state index in [1.807, 2.05) is 5.09 Å². The van der Waals surface area contributed by atoms with Gasteiger partial charge in [-0.2, -0.15) is 0 Å². The number of halogens is 4. The topological polar surface area (TPSA) is 27.7 Å². The van der Waals surface area contributed by atoms with Crippen molar-refractivity contribution in [2.45, 2.75) is 6.36 Å². The van der Waals surface area contributed by atoms with Crippen LogP contribution in [0.3, 0.4) is 0 Å². The Kier molecular flexibility index (Phi) is 2.66. The lowest BCUT2D eigenvalue weighted by atomic mass is 11.4. The highest BCUT2D eigenvalue weighted by Gasteiger charge is 2.32. The van der Waals surface area contributed by atoms with Crippen LogP contribution in [0.1, 0.15) is 0 Å². The standard InChI is InChI=1S/CF4O3/c2-1(3,4)6-8-7-5. The van der Waals surface area contributed by atoms with Crippen molar-refractivity contribution in [3.8, 4) is 0 Å². The van der Waals surface area contributed by atoms with E-state index in [-0.39, 0.29) is 0 Å². The molecule has 0 saturated heterocycles. The van der Waals surface area contributed by atoms with E-state index in [1.165, 1.54) is 0 Å². The molecular weight excluding hydrogens is 136 g/mol. The van der Waals surface area contributed by atoms with Gasteiger partial charge >= 0.3 is 6.36 Å². The third kappa shape index (κ3) is 5.60. The molecule has 0 aromatic heterocycles. The van der Waals surface area contributed by atoms with Crippen molar-refractivity contribution in [3.05, 3.63) is 0 Å². The Hall–Kier alpha value is -0.400. The molecule has 0 aliphatic carbocycles. The average Bonchev–Trinajstić information content (AvgIpc) is 1.59. The fourth-order valence-corrected chi connectivity index (χ4v) is 0.0514. The van der Waals surface area contributed by atoms with Gasteiger partial charge in [0.15, 0.2) is 0 Å². The van der Waals surface area contributed by atoms with Gasteiger partial charge in [0.2, 0.25) is 0 Å². The maximum atomic E-state index is 10.6. The van der Waals surface area contributed by atoms with Crippen LogP contribution >= 0.6 is 0 Å². The largest absolute Gasteiger partial charge is 0.551 e. The molecule has 0 saturated carbocycles. The molecule has 0 fully saturated rings. The predicted molar refractivity (Wildman–Crippen MR) is 10.4 cm³/mol. The molecule has 0 unspecified atom stereocenters. The first-order chi connectivity index (χ1) is 3.56. The van der Waals surface area contributed by atoms with Crippen molar-refractivity contribution in [3.63, 3.8) is 0 Å². The van der Waals surface area contributed by atoms with Gasteiger partial charge in [0.1, 0.15) is 0 Å². The summed E-state index contributed by atoms with van der Waals surface area (Å²) < 4.78 is 42.1. The van der Waals surface area contributed by atoms with E-state index in [2.05, 4.69) is 9.93 Å². The van der Waals surface area contributed by atoms with Gasteiger partial charge in [-0.25, -0.2) is 0 Å². The van der Waals surface area contributed by atoms with Crippen LogP contribution in [0.5, 0.6) is 0 Å². The Bertz CT molecular complexity index is 58.8. The Morgan fingerprint density at radius 3 is 1.75 bits per heavy atom. The summed E-state index contributed by atoms with van der Waals surface area (Å²) in [4.78, 5) is 2.28. The van der Waals surface area contributed by atoms with Crippen LogP contribution in [0.25, 0.3) is 0 Å². The van der Waals surface area contributed by atoms with Gasteiger partial charge in [-0.3, -0.25) is 0 Å². The summed E-state index contributed by atoms with van der Waals surface area (Å²) in [5, 5.41) is 4.38. The molecule has 0 radical (unpaired) electrons.